The van der Waals surface area contributed by atoms with Crippen molar-refractivity contribution in [2.75, 3.05) is 26.8 Å². The molecule has 0 heterocycles. The Kier molecular flexibility index (Phi) is 8.37. The largest absolute Gasteiger partial charge is 0.383 e. The number of rotatable bonds is 9. The van der Waals surface area contributed by atoms with Crippen LogP contribution in [0.2, 0.25) is 0 Å². The Morgan fingerprint density at radius 2 is 2.11 bits per heavy atom. The SMILES string of the molecule is CCC(C)(C)NC(=O)C(C)N(CCC#N)CCOC. The number of amides is 1. The molecule has 5 nitrogen and oxygen atoms in total. The van der Waals surface area contributed by atoms with E-state index in [0.29, 0.717) is 26.1 Å². The van der Waals surface area contributed by atoms with Gasteiger partial charge in [0.1, 0.15) is 0 Å². The summed E-state index contributed by atoms with van der Waals surface area (Å²) in [4.78, 5) is 14.2. The van der Waals surface area contributed by atoms with E-state index in [-0.39, 0.29) is 17.5 Å². The maximum absolute atomic E-state index is 12.2. The number of carbonyl (C=O) groups is 1. The summed E-state index contributed by atoms with van der Waals surface area (Å²) in [6.45, 7) is 9.72. The van der Waals surface area contributed by atoms with Crippen LogP contribution in [0.5, 0.6) is 0 Å². The number of nitriles is 1. The van der Waals surface area contributed by atoms with Crippen LogP contribution in [0.15, 0.2) is 0 Å². The summed E-state index contributed by atoms with van der Waals surface area (Å²) in [5, 5.41) is 11.7. The van der Waals surface area contributed by atoms with Crippen molar-refractivity contribution in [2.24, 2.45) is 0 Å². The first-order valence-electron chi connectivity index (χ1n) is 6.80. The van der Waals surface area contributed by atoms with Crippen LogP contribution in [0.3, 0.4) is 0 Å². The van der Waals surface area contributed by atoms with Crippen molar-refractivity contribution in [1.82, 2.24) is 10.2 Å². The number of ether oxygens (including phenoxy) is 1. The molecule has 0 saturated carbocycles. The fraction of sp³-hybridized carbons (Fsp3) is 0.857. The predicted molar refractivity (Wildman–Crippen MR) is 75.7 cm³/mol. The molecule has 0 bridgehead atoms. The second-order valence-electron chi connectivity index (χ2n) is 5.34. The minimum Gasteiger partial charge on any atom is -0.383 e. The van der Waals surface area contributed by atoms with E-state index in [2.05, 4.69) is 11.4 Å². The normalized spacial score (nSPS) is 13.1. The van der Waals surface area contributed by atoms with Crippen LogP contribution >= 0.6 is 0 Å². The van der Waals surface area contributed by atoms with Crippen molar-refractivity contribution >= 4 is 5.91 Å². The van der Waals surface area contributed by atoms with Crippen molar-refractivity contribution in [3.8, 4) is 6.07 Å². The van der Waals surface area contributed by atoms with Crippen LogP contribution in [0.4, 0.5) is 0 Å². The molecule has 0 fully saturated rings. The number of carbonyl (C=O) groups excluding carboxylic acids is 1. The third-order valence-electron chi connectivity index (χ3n) is 3.37. The highest BCUT2D eigenvalue weighted by Gasteiger charge is 2.25. The number of methoxy groups -OCH3 is 1. The predicted octanol–water partition coefficient (Wildman–Crippen LogP) is 1.54. The Labute approximate surface area is 116 Å². The molecule has 0 aromatic carbocycles. The summed E-state index contributed by atoms with van der Waals surface area (Å²) in [5.74, 6) is 0.000827. The molecule has 5 heteroatoms. The van der Waals surface area contributed by atoms with E-state index >= 15 is 0 Å². The Hall–Kier alpha value is -1.12. The summed E-state index contributed by atoms with van der Waals surface area (Å²) in [5.41, 5.74) is -0.201. The summed E-state index contributed by atoms with van der Waals surface area (Å²) in [6.07, 6.45) is 1.29. The van der Waals surface area contributed by atoms with Crippen molar-refractivity contribution in [2.45, 2.75) is 52.1 Å². The van der Waals surface area contributed by atoms with E-state index in [1.807, 2.05) is 32.6 Å². The highest BCUT2D eigenvalue weighted by atomic mass is 16.5. The zero-order valence-corrected chi connectivity index (χ0v) is 12.8. The first kappa shape index (κ1) is 17.9. The summed E-state index contributed by atoms with van der Waals surface area (Å²) < 4.78 is 5.05. The van der Waals surface area contributed by atoms with E-state index in [9.17, 15) is 4.79 Å². The van der Waals surface area contributed by atoms with Crippen molar-refractivity contribution in [3.05, 3.63) is 0 Å². The molecule has 1 amide bonds. The van der Waals surface area contributed by atoms with Crippen molar-refractivity contribution < 1.29 is 9.53 Å². The maximum Gasteiger partial charge on any atom is 0.237 e. The van der Waals surface area contributed by atoms with Gasteiger partial charge in [-0.05, 0) is 27.2 Å². The smallest absolute Gasteiger partial charge is 0.237 e. The highest BCUT2D eigenvalue weighted by Crippen LogP contribution is 2.09. The topological polar surface area (TPSA) is 65.4 Å². The molecule has 1 unspecified atom stereocenters. The molecule has 0 spiro atoms. The van der Waals surface area contributed by atoms with Crippen LogP contribution in [-0.2, 0) is 9.53 Å². The second-order valence-corrected chi connectivity index (χ2v) is 5.34. The minimum absolute atomic E-state index is 0.000827. The van der Waals surface area contributed by atoms with E-state index in [1.165, 1.54) is 0 Å². The highest BCUT2D eigenvalue weighted by molar-refractivity contribution is 5.82. The minimum atomic E-state index is -0.255. The lowest BCUT2D eigenvalue weighted by Gasteiger charge is -2.31. The second kappa shape index (κ2) is 8.89. The molecule has 19 heavy (non-hydrogen) atoms. The summed E-state index contributed by atoms with van der Waals surface area (Å²) in [7, 11) is 1.63. The van der Waals surface area contributed by atoms with Gasteiger partial charge in [-0.25, -0.2) is 0 Å². The monoisotopic (exact) mass is 269 g/mol. The Balaban J connectivity index is 4.54. The van der Waals surface area contributed by atoms with E-state index in [4.69, 9.17) is 10.00 Å². The first-order valence-corrected chi connectivity index (χ1v) is 6.80. The van der Waals surface area contributed by atoms with Gasteiger partial charge >= 0.3 is 0 Å². The van der Waals surface area contributed by atoms with Crippen molar-refractivity contribution in [3.63, 3.8) is 0 Å². The number of nitrogens with one attached hydrogen (secondary N) is 1. The average Bonchev–Trinajstić information content (AvgIpc) is 2.37. The molecule has 0 aliphatic heterocycles. The van der Waals surface area contributed by atoms with Gasteiger partial charge in [0.25, 0.3) is 0 Å². The number of nitrogens with zero attached hydrogens (tertiary/aromatic N) is 2. The number of hydrogen-bond acceptors (Lipinski definition) is 4. The van der Waals surface area contributed by atoms with Crippen molar-refractivity contribution in [1.29, 1.82) is 5.26 Å². The van der Waals surface area contributed by atoms with Gasteiger partial charge in [-0.1, -0.05) is 6.92 Å². The Bertz CT molecular complexity index is 310. The van der Waals surface area contributed by atoms with Gasteiger partial charge in [0.2, 0.25) is 5.91 Å². The van der Waals surface area contributed by atoms with Crippen LogP contribution < -0.4 is 5.32 Å². The quantitative estimate of drug-likeness (QED) is 0.689. The molecule has 0 radical (unpaired) electrons. The van der Waals surface area contributed by atoms with Gasteiger partial charge < -0.3 is 10.1 Å². The van der Waals surface area contributed by atoms with E-state index < -0.39 is 0 Å². The molecule has 0 saturated heterocycles. The Morgan fingerprint density at radius 1 is 1.47 bits per heavy atom. The first-order chi connectivity index (χ1) is 8.87. The fourth-order valence-electron chi connectivity index (χ4n) is 1.59. The van der Waals surface area contributed by atoms with Crippen LogP contribution in [0, 0.1) is 11.3 Å². The zero-order chi connectivity index (χ0) is 14.9. The maximum atomic E-state index is 12.2. The molecule has 0 rings (SSSR count). The molecule has 0 aromatic rings. The third kappa shape index (κ3) is 7.14. The van der Waals surface area contributed by atoms with Crippen LogP contribution in [0.25, 0.3) is 0 Å². The molecular formula is C14H27N3O2. The molecule has 0 aromatic heterocycles. The van der Waals surface area contributed by atoms with Gasteiger partial charge in [0.05, 0.1) is 18.7 Å². The average molecular weight is 269 g/mol. The molecule has 110 valence electrons. The molecule has 1 atom stereocenters. The lowest BCUT2D eigenvalue weighted by Crippen LogP contribution is -2.52. The standard InChI is InChI=1S/C14H27N3O2/c1-6-14(3,4)16-13(18)12(2)17(9-7-8-15)10-11-19-5/h12H,6-7,9-11H2,1-5H3,(H,16,18). The number of hydrogen-bond donors (Lipinski definition) is 1. The fourth-order valence-corrected chi connectivity index (χ4v) is 1.59. The van der Waals surface area contributed by atoms with Crippen LogP contribution in [-0.4, -0.2) is 49.2 Å². The van der Waals surface area contributed by atoms with Gasteiger partial charge in [-0.2, -0.15) is 5.26 Å². The lowest BCUT2D eigenvalue weighted by molar-refractivity contribution is -0.127. The van der Waals surface area contributed by atoms with Gasteiger partial charge in [0.15, 0.2) is 0 Å². The van der Waals surface area contributed by atoms with Crippen LogP contribution in [0.1, 0.15) is 40.5 Å². The summed E-state index contributed by atoms with van der Waals surface area (Å²) in [6, 6.07) is 1.86. The molecule has 0 aliphatic carbocycles. The van der Waals surface area contributed by atoms with Gasteiger partial charge in [0, 0.05) is 32.2 Å². The van der Waals surface area contributed by atoms with Gasteiger partial charge in [-0.15, -0.1) is 0 Å². The lowest BCUT2D eigenvalue weighted by atomic mass is 10.0. The zero-order valence-electron chi connectivity index (χ0n) is 12.8. The van der Waals surface area contributed by atoms with E-state index in [1.54, 1.807) is 7.11 Å². The summed E-state index contributed by atoms with van der Waals surface area (Å²) >= 11 is 0. The Morgan fingerprint density at radius 3 is 2.58 bits per heavy atom. The third-order valence-corrected chi connectivity index (χ3v) is 3.37. The molecular weight excluding hydrogens is 242 g/mol. The van der Waals surface area contributed by atoms with Gasteiger partial charge in [-0.3, -0.25) is 9.69 Å². The molecule has 1 N–H and O–H groups in total. The molecule has 0 aliphatic rings. The van der Waals surface area contributed by atoms with E-state index in [0.717, 1.165) is 6.42 Å².